The zero-order valence-corrected chi connectivity index (χ0v) is 13.4. The molecule has 1 amide bonds. The number of ether oxygens (including phenoxy) is 2. The molecule has 0 heterocycles. The fourth-order valence-electron chi connectivity index (χ4n) is 2.67. The van der Waals surface area contributed by atoms with Gasteiger partial charge in [0.15, 0.2) is 23.1 Å². The van der Waals surface area contributed by atoms with Gasteiger partial charge in [-0.3, -0.25) is 4.79 Å². The third-order valence-electron chi connectivity index (χ3n) is 4.22. The third kappa shape index (κ3) is 2.91. The van der Waals surface area contributed by atoms with Gasteiger partial charge in [0.25, 0.3) is 5.91 Å². The maximum atomic E-state index is 13.3. The van der Waals surface area contributed by atoms with Crippen LogP contribution in [0.15, 0.2) is 36.4 Å². The number of halogens is 2. The van der Waals surface area contributed by atoms with Crippen LogP contribution in [0.1, 0.15) is 28.8 Å². The van der Waals surface area contributed by atoms with Gasteiger partial charge in [0, 0.05) is 5.56 Å². The molecule has 0 saturated heterocycles. The lowest BCUT2D eigenvalue weighted by molar-refractivity contribution is 0.0930. The molecule has 1 N–H and O–H groups in total. The van der Waals surface area contributed by atoms with Crippen molar-refractivity contribution in [1.29, 1.82) is 0 Å². The highest BCUT2D eigenvalue weighted by molar-refractivity contribution is 5.95. The lowest BCUT2D eigenvalue weighted by atomic mass is 10.0. The standard InChI is InChI=1S/C18H17F2NO3/c1-23-15-6-4-12(10-16(15)24-2)18(7-8-18)21-17(22)11-3-5-13(19)14(20)9-11/h3-6,9-10H,7-8H2,1-2H3,(H,21,22). The molecule has 4 nitrogen and oxygen atoms in total. The van der Waals surface area contributed by atoms with Crippen molar-refractivity contribution in [3.05, 3.63) is 59.2 Å². The summed E-state index contributed by atoms with van der Waals surface area (Å²) in [6, 6.07) is 8.56. The molecule has 1 aliphatic carbocycles. The first-order chi connectivity index (χ1) is 11.5. The molecule has 0 spiro atoms. The molecule has 3 rings (SSSR count). The molecular weight excluding hydrogens is 316 g/mol. The largest absolute Gasteiger partial charge is 0.493 e. The summed E-state index contributed by atoms with van der Waals surface area (Å²) in [6.45, 7) is 0. The van der Waals surface area contributed by atoms with Crippen LogP contribution in [-0.4, -0.2) is 20.1 Å². The van der Waals surface area contributed by atoms with Crippen molar-refractivity contribution in [2.75, 3.05) is 14.2 Å². The van der Waals surface area contributed by atoms with Gasteiger partial charge >= 0.3 is 0 Å². The van der Waals surface area contributed by atoms with Crippen LogP contribution in [0.3, 0.4) is 0 Å². The molecule has 1 saturated carbocycles. The third-order valence-corrected chi connectivity index (χ3v) is 4.22. The SMILES string of the molecule is COc1ccc(C2(NC(=O)c3ccc(F)c(F)c3)CC2)cc1OC. The Hall–Kier alpha value is -2.63. The number of benzene rings is 2. The number of hydrogen-bond donors (Lipinski definition) is 1. The van der Waals surface area contributed by atoms with Crippen LogP contribution in [0, 0.1) is 11.6 Å². The van der Waals surface area contributed by atoms with Gasteiger partial charge in [-0.05, 0) is 48.7 Å². The van der Waals surface area contributed by atoms with Gasteiger partial charge in [-0.25, -0.2) is 8.78 Å². The summed E-state index contributed by atoms with van der Waals surface area (Å²) in [7, 11) is 3.09. The average Bonchev–Trinajstić information content (AvgIpc) is 3.37. The minimum atomic E-state index is -1.04. The molecule has 1 fully saturated rings. The molecule has 0 aromatic heterocycles. The highest BCUT2D eigenvalue weighted by Gasteiger charge is 2.46. The maximum absolute atomic E-state index is 13.3. The highest BCUT2D eigenvalue weighted by Crippen LogP contribution is 2.47. The number of rotatable bonds is 5. The Bertz CT molecular complexity index is 788. The fraction of sp³-hybridized carbons (Fsp3) is 0.278. The van der Waals surface area contributed by atoms with E-state index >= 15 is 0 Å². The van der Waals surface area contributed by atoms with E-state index in [1.165, 1.54) is 6.07 Å². The second-order valence-corrected chi connectivity index (χ2v) is 5.73. The zero-order chi connectivity index (χ0) is 17.3. The smallest absolute Gasteiger partial charge is 0.252 e. The first-order valence-corrected chi connectivity index (χ1v) is 7.49. The lowest BCUT2D eigenvalue weighted by Crippen LogP contribution is -2.35. The fourth-order valence-corrected chi connectivity index (χ4v) is 2.67. The quantitative estimate of drug-likeness (QED) is 0.912. The summed E-state index contributed by atoms with van der Waals surface area (Å²) in [6.07, 6.45) is 1.52. The van der Waals surface area contributed by atoms with Gasteiger partial charge < -0.3 is 14.8 Å². The zero-order valence-electron chi connectivity index (χ0n) is 13.4. The molecule has 126 valence electrons. The molecule has 0 unspecified atom stereocenters. The molecular formula is C18H17F2NO3. The Labute approximate surface area is 138 Å². The number of hydrogen-bond acceptors (Lipinski definition) is 3. The average molecular weight is 333 g/mol. The molecule has 2 aromatic rings. The summed E-state index contributed by atoms with van der Waals surface area (Å²) >= 11 is 0. The maximum Gasteiger partial charge on any atom is 0.252 e. The van der Waals surface area contributed by atoms with Crippen molar-refractivity contribution >= 4 is 5.91 Å². The van der Waals surface area contributed by atoms with E-state index in [4.69, 9.17) is 9.47 Å². The van der Waals surface area contributed by atoms with Crippen molar-refractivity contribution in [3.8, 4) is 11.5 Å². The van der Waals surface area contributed by atoms with Crippen molar-refractivity contribution in [1.82, 2.24) is 5.32 Å². The highest BCUT2D eigenvalue weighted by atomic mass is 19.2. The minimum absolute atomic E-state index is 0.0839. The normalized spacial score (nSPS) is 14.8. The lowest BCUT2D eigenvalue weighted by Gasteiger charge is -2.19. The molecule has 0 atom stereocenters. The first kappa shape index (κ1) is 16.2. The molecule has 24 heavy (non-hydrogen) atoms. The van der Waals surface area contributed by atoms with E-state index in [0.717, 1.165) is 30.5 Å². The summed E-state index contributed by atoms with van der Waals surface area (Å²) in [5.41, 5.74) is 0.457. The monoisotopic (exact) mass is 333 g/mol. The number of methoxy groups -OCH3 is 2. The van der Waals surface area contributed by atoms with Crippen LogP contribution in [0.4, 0.5) is 8.78 Å². The Morgan fingerprint density at radius 1 is 1.00 bits per heavy atom. The molecule has 1 aliphatic rings. The predicted molar refractivity (Wildman–Crippen MR) is 84.3 cm³/mol. The summed E-state index contributed by atoms with van der Waals surface area (Å²) < 4.78 is 36.8. The van der Waals surface area contributed by atoms with Gasteiger partial charge in [-0.1, -0.05) is 6.07 Å². The van der Waals surface area contributed by atoms with E-state index in [-0.39, 0.29) is 5.56 Å². The van der Waals surface area contributed by atoms with E-state index in [1.807, 2.05) is 12.1 Å². The van der Waals surface area contributed by atoms with Gasteiger partial charge in [-0.2, -0.15) is 0 Å². The molecule has 0 bridgehead atoms. The van der Waals surface area contributed by atoms with Crippen LogP contribution in [0.2, 0.25) is 0 Å². The Kier molecular flexibility index (Phi) is 4.13. The van der Waals surface area contributed by atoms with Gasteiger partial charge in [0.05, 0.1) is 19.8 Å². The molecule has 2 aromatic carbocycles. The van der Waals surface area contributed by atoms with Crippen LogP contribution in [0.5, 0.6) is 11.5 Å². The van der Waals surface area contributed by atoms with Crippen LogP contribution in [0.25, 0.3) is 0 Å². The Balaban J connectivity index is 1.84. The van der Waals surface area contributed by atoms with Crippen LogP contribution in [-0.2, 0) is 5.54 Å². The molecule has 6 heteroatoms. The Morgan fingerprint density at radius 2 is 1.71 bits per heavy atom. The van der Waals surface area contributed by atoms with Gasteiger partial charge in [0.1, 0.15) is 0 Å². The van der Waals surface area contributed by atoms with Crippen LogP contribution >= 0.6 is 0 Å². The molecule has 0 aliphatic heterocycles. The summed E-state index contributed by atoms with van der Waals surface area (Å²) in [5.74, 6) is -1.29. The van der Waals surface area contributed by atoms with Gasteiger partial charge in [0.2, 0.25) is 0 Å². The van der Waals surface area contributed by atoms with E-state index in [2.05, 4.69) is 5.32 Å². The predicted octanol–water partition coefficient (Wildman–Crippen LogP) is 3.40. The van der Waals surface area contributed by atoms with E-state index < -0.39 is 23.1 Å². The van der Waals surface area contributed by atoms with Crippen molar-refractivity contribution in [2.24, 2.45) is 0 Å². The summed E-state index contributed by atoms with van der Waals surface area (Å²) in [5, 5.41) is 2.91. The second kappa shape index (κ2) is 6.11. The molecule has 0 radical (unpaired) electrons. The number of amides is 1. The number of nitrogens with one attached hydrogen (secondary N) is 1. The van der Waals surface area contributed by atoms with Gasteiger partial charge in [-0.15, -0.1) is 0 Å². The van der Waals surface area contributed by atoms with Crippen LogP contribution < -0.4 is 14.8 Å². The summed E-state index contributed by atoms with van der Waals surface area (Å²) in [4.78, 5) is 12.4. The topological polar surface area (TPSA) is 47.6 Å². The van der Waals surface area contributed by atoms with Crippen molar-refractivity contribution in [3.63, 3.8) is 0 Å². The Morgan fingerprint density at radius 3 is 2.29 bits per heavy atom. The van der Waals surface area contributed by atoms with Crippen molar-refractivity contribution < 1.29 is 23.0 Å². The minimum Gasteiger partial charge on any atom is -0.493 e. The van der Waals surface area contributed by atoms with E-state index in [1.54, 1.807) is 20.3 Å². The number of carbonyl (C=O) groups excluding carboxylic acids is 1. The first-order valence-electron chi connectivity index (χ1n) is 7.49. The second-order valence-electron chi connectivity index (χ2n) is 5.73. The van der Waals surface area contributed by atoms with Crippen molar-refractivity contribution in [2.45, 2.75) is 18.4 Å². The number of carbonyl (C=O) groups is 1. The van der Waals surface area contributed by atoms with E-state index in [0.29, 0.717) is 11.5 Å². The van der Waals surface area contributed by atoms with E-state index in [9.17, 15) is 13.6 Å².